The number of rotatable bonds is 11. The molecule has 0 heterocycles. The van der Waals surface area contributed by atoms with E-state index in [9.17, 15) is 5.11 Å². The van der Waals surface area contributed by atoms with E-state index in [-0.39, 0.29) is 6.10 Å². The summed E-state index contributed by atoms with van der Waals surface area (Å²) < 4.78 is 0. The average Bonchev–Trinajstić information content (AvgIpc) is 2.49. The summed E-state index contributed by atoms with van der Waals surface area (Å²) in [6, 6.07) is 8.59. The van der Waals surface area contributed by atoms with Gasteiger partial charge in [-0.15, -0.1) is 0 Å². The number of aliphatic hydroxyl groups is 1. The van der Waals surface area contributed by atoms with Crippen LogP contribution in [-0.2, 0) is 6.42 Å². The Kier molecular flexibility index (Phi) is 9.40. The van der Waals surface area contributed by atoms with Crippen LogP contribution in [0.3, 0.4) is 0 Å². The van der Waals surface area contributed by atoms with Gasteiger partial charge in [-0.3, -0.25) is 0 Å². The minimum atomic E-state index is -0.280. The van der Waals surface area contributed by atoms with Crippen LogP contribution in [0.25, 0.3) is 0 Å². The first-order valence-electron chi connectivity index (χ1n) is 8.54. The largest absolute Gasteiger partial charge is 0.388 e. The van der Waals surface area contributed by atoms with Crippen LogP contribution < -0.4 is 0 Å². The summed E-state index contributed by atoms with van der Waals surface area (Å²) in [5, 5.41) is 10.0. The van der Waals surface area contributed by atoms with Crippen LogP contribution in [0.4, 0.5) is 0 Å². The predicted octanol–water partition coefficient (Wildman–Crippen LogP) is 5.81. The molecule has 0 amide bonds. The predicted molar refractivity (Wildman–Crippen MR) is 88.0 cm³/mol. The Morgan fingerprint density at radius 1 is 0.800 bits per heavy atom. The monoisotopic (exact) mass is 276 g/mol. The van der Waals surface area contributed by atoms with Gasteiger partial charge >= 0.3 is 0 Å². The lowest BCUT2D eigenvalue weighted by atomic mass is 10.00. The third-order valence-corrected chi connectivity index (χ3v) is 4.01. The van der Waals surface area contributed by atoms with Crippen molar-refractivity contribution in [1.82, 2.24) is 0 Å². The summed E-state index contributed by atoms with van der Waals surface area (Å²) in [7, 11) is 0. The summed E-state index contributed by atoms with van der Waals surface area (Å²) in [5.74, 6) is 0. The molecule has 0 saturated carbocycles. The molecule has 1 nitrogen and oxygen atoms in total. The van der Waals surface area contributed by atoms with Gasteiger partial charge in [0.1, 0.15) is 0 Å². The van der Waals surface area contributed by atoms with Crippen LogP contribution >= 0.6 is 0 Å². The third kappa shape index (κ3) is 7.09. The molecular weight excluding hydrogens is 244 g/mol. The van der Waals surface area contributed by atoms with E-state index in [1.165, 1.54) is 50.5 Å². The highest BCUT2D eigenvalue weighted by atomic mass is 16.3. The van der Waals surface area contributed by atoms with E-state index in [1.807, 2.05) is 0 Å². The van der Waals surface area contributed by atoms with Gasteiger partial charge in [-0.2, -0.15) is 0 Å². The van der Waals surface area contributed by atoms with Gasteiger partial charge < -0.3 is 5.11 Å². The van der Waals surface area contributed by atoms with Crippen molar-refractivity contribution in [3.05, 3.63) is 35.4 Å². The second-order valence-electron chi connectivity index (χ2n) is 5.92. The van der Waals surface area contributed by atoms with Gasteiger partial charge in [-0.1, -0.05) is 83.1 Å². The molecule has 1 unspecified atom stereocenters. The first kappa shape index (κ1) is 17.2. The maximum atomic E-state index is 10.0. The number of hydrogen-bond acceptors (Lipinski definition) is 1. The molecule has 1 heteroatoms. The zero-order chi connectivity index (χ0) is 14.6. The van der Waals surface area contributed by atoms with Gasteiger partial charge in [-0.25, -0.2) is 0 Å². The zero-order valence-electron chi connectivity index (χ0n) is 13.4. The van der Waals surface area contributed by atoms with Crippen molar-refractivity contribution in [3.63, 3.8) is 0 Å². The minimum absolute atomic E-state index is 0.280. The van der Waals surface area contributed by atoms with Gasteiger partial charge in [0.15, 0.2) is 0 Å². The van der Waals surface area contributed by atoms with Crippen molar-refractivity contribution < 1.29 is 5.11 Å². The normalized spacial score (nSPS) is 12.6. The second kappa shape index (κ2) is 10.9. The molecule has 114 valence electrons. The molecule has 0 aliphatic carbocycles. The maximum Gasteiger partial charge on any atom is 0.0790 e. The Labute approximate surface area is 125 Å². The van der Waals surface area contributed by atoms with Gasteiger partial charge in [0.25, 0.3) is 0 Å². The molecule has 20 heavy (non-hydrogen) atoms. The SMILES string of the molecule is CCCCCCCCc1ccc(C(O)CCCC)cc1. The number of unbranched alkanes of at least 4 members (excludes halogenated alkanes) is 6. The molecule has 1 aromatic carbocycles. The van der Waals surface area contributed by atoms with Crippen LogP contribution in [0, 0.1) is 0 Å². The Hall–Kier alpha value is -0.820. The maximum absolute atomic E-state index is 10.0. The quantitative estimate of drug-likeness (QED) is 0.505. The lowest BCUT2D eigenvalue weighted by molar-refractivity contribution is 0.164. The van der Waals surface area contributed by atoms with Crippen molar-refractivity contribution >= 4 is 0 Å². The molecule has 1 N–H and O–H groups in total. The molecule has 0 radical (unpaired) electrons. The highest BCUT2D eigenvalue weighted by molar-refractivity contribution is 5.24. The molecule has 0 aliphatic rings. The highest BCUT2D eigenvalue weighted by Crippen LogP contribution is 2.20. The van der Waals surface area contributed by atoms with Gasteiger partial charge in [0.2, 0.25) is 0 Å². The molecular formula is C19H32O. The van der Waals surface area contributed by atoms with Crippen LogP contribution in [0.5, 0.6) is 0 Å². The second-order valence-corrected chi connectivity index (χ2v) is 5.92. The van der Waals surface area contributed by atoms with Gasteiger partial charge in [0, 0.05) is 0 Å². The molecule has 0 fully saturated rings. The van der Waals surface area contributed by atoms with Crippen LogP contribution in [0.15, 0.2) is 24.3 Å². The van der Waals surface area contributed by atoms with Crippen molar-refractivity contribution in [1.29, 1.82) is 0 Å². The molecule has 1 rings (SSSR count). The van der Waals surface area contributed by atoms with E-state index in [0.717, 1.165) is 24.8 Å². The first-order valence-corrected chi connectivity index (χ1v) is 8.54. The Morgan fingerprint density at radius 2 is 1.40 bits per heavy atom. The fourth-order valence-corrected chi connectivity index (χ4v) is 2.58. The summed E-state index contributed by atoms with van der Waals surface area (Å²) in [4.78, 5) is 0. The third-order valence-electron chi connectivity index (χ3n) is 4.01. The van der Waals surface area contributed by atoms with Crippen LogP contribution in [0.2, 0.25) is 0 Å². The first-order chi connectivity index (χ1) is 9.77. The fourth-order valence-electron chi connectivity index (χ4n) is 2.58. The molecule has 0 aliphatic heterocycles. The van der Waals surface area contributed by atoms with Crippen LogP contribution in [0.1, 0.15) is 88.9 Å². The lowest BCUT2D eigenvalue weighted by Crippen LogP contribution is -1.97. The zero-order valence-corrected chi connectivity index (χ0v) is 13.4. The van der Waals surface area contributed by atoms with E-state index in [0.29, 0.717) is 0 Å². The lowest BCUT2D eigenvalue weighted by Gasteiger charge is -2.11. The van der Waals surface area contributed by atoms with E-state index in [4.69, 9.17) is 0 Å². The van der Waals surface area contributed by atoms with E-state index >= 15 is 0 Å². The van der Waals surface area contributed by atoms with E-state index < -0.39 is 0 Å². The van der Waals surface area contributed by atoms with Crippen molar-refractivity contribution in [2.24, 2.45) is 0 Å². The van der Waals surface area contributed by atoms with Gasteiger partial charge in [-0.05, 0) is 30.4 Å². The summed E-state index contributed by atoms with van der Waals surface area (Å²) in [6.07, 6.45) is 12.1. The van der Waals surface area contributed by atoms with Crippen molar-refractivity contribution in [3.8, 4) is 0 Å². The van der Waals surface area contributed by atoms with E-state index in [1.54, 1.807) is 0 Å². The average molecular weight is 276 g/mol. The smallest absolute Gasteiger partial charge is 0.0790 e. The number of hydrogen-bond donors (Lipinski definition) is 1. The van der Waals surface area contributed by atoms with Crippen molar-refractivity contribution in [2.75, 3.05) is 0 Å². The topological polar surface area (TPSA) is 20.2 Å². The standard InChI is InChI=1S/C19H32O/c1-3-5-7-8-9-10-11-17-13-15-18(16-14-17)19(20)12-6-4-2/h13-16,19-20H,3-12H2,1-2H3. The molecule has 0 saturated heterocycles. The molecule has 1 aromatic rings. The molecule has 0 bridgehead atoms. The molecule has 1 atom stereocenters. The number of benzene rings is 1. The van der Waals surface area contributed by atoms with E-state index in [2.05, 4.69) is 38.1 Å². The molecule has 0 aromatic heterocycles. The number of aliphatic hydroxyl groups excluding tert-OH is 1. The summed E-state index contributed by atoms with van der Waals surface area (Å²) >= 11 is 0. The summed E-state index contributed by atoms with van der Waals surface area (Å²) in [5.41, 5.74) is 2.48. The van der Waals surface area contributed by atoms with Crippen LogP contribution in [-0.4, -0.2) is 5.11 Å². The fraction of sp³-hybridized carbons (Fsp3) is 0.684. The summed E-state index contributed by atoms with van der Waals surface area (Å²) in [6.45, 7) is 4.42. The highest BCUT2D eigenvalue weighted by Gasteiger charge is 2.06. The minimum Gasteiger partial charge on any atom is -0.388 e. The van der Waals surface area contributed by atoms with Gasteiger partial charge in [0.05, 0.1) is 6.10 Å². The van der Waals surface area contributed by atoms with Crippen molar-refractivity contribution in [2.45, 2.75) is 84.2 Å². The number of aryl methyl sites for hydroxylation is 1. The molecule has 0 spiro atoms. The Morgan fingerprint density at radius 3 is 2.05 bits per heavy atom. The Bertz CT molecular complexity index is 328. The Balaban J connectivity index is 2.24.